The summed E-state index contributed by atoms with van der Waals surface area (Å²) < 4.78 is 23.1. The van der Waals surface area contributed by atoms with Crippen molar-refractivity contribution in [3.63, 3.8) is 0 Å². The molecule has 512 valence electrons. The van der Waals surface area contributed by atoms with Crippen LogP contribution in [0.15, 0.2) is 97.1 Å². The maximum atomic E-state index is 6.02. The van der Waals surface area contributed by atoms with E-state index in [-0.39, 0.29) is 163 Å². The van der Waals surface area contributed by atoms with E-state index in [1.54, 1.807) is 97.1 Å². The summed E-state index contributed by atoms with van der Waals surface area (Å²) in [6.07, 6.45) is 0. The molecule has 0 aliphatic rings. The first-order valence-corrected chi connectivity index (χ1v) is 29.5. The third kappa shape index (κ3) is 18.4. The van der Waals surface area contributed by atoms with Crippen LogP contribution in [0.25, 0.3) is 0 Å². The zero-order chi connectivity index (χ0) is 69.3. The lowest BCUT2D eigenvalue weighted by molar-refractivity contribution is 0.119. The lowest BCUT2D eigenvalue weighted by Gasteiger charge is -2.21. The van der Waals surface area contributed by atoms with E-state index in [0.29, 0.717) is 45.7 Å². The number of anilines is 20. The van der Waals surface area contributed by atoms with Gasteiger partial charge in [-0.05, 0) is 190 Å². The minimum absolute atomic E-state index is 0. The molecule has 0 amide bonds. The largest absolute Gasteiger partial charge is 0.458 e. The predicted molar refractivity (Wildman–Crippen MR) is 368 cm³/mol. The summed E-state index contributed by atoms with van der Waals surface area (Å²) in [6.45, 7) is -0.324. The first-order valence-electron chi connectivity index (χ1n) is 26.5. The molecule has 0 unspecified atom stereocenters. The van der Waals surface area contributed by atoms with E-state index in [9.17, 15) is 0 Å². The summed E-state index contributed by atoms with van der Waals surface area (Å²) in [6, 6.07) is 26.6. The lowest BCUT2D eigenvalue weighted by atomic mass is 10.3. The van der Waals surface area contributed by atoms with Crippen LogP contribution in [0.4, 0.5) is 118 Å². The van der Waals surface area contributed by atoms with Gasteiger partial charge in [-0.1, -0.05) is 0 Å². The molecule has 8 aromatic heterocycles. The Hall–Kier alpha value is -12.0. The monoisotopic (exact) mass is 1520 g/mol. The van der Waals surface area contributed by atoms with E-state index in [4.69, 9.17) is 158 Å². The lowest BCUT2D eigenvalue weighted by Crippen LogP contribution is -2.20. The smallest absolute Gasteiger partial charge is 0.243 e. The summed E-state index contributed by atoms with van der Waals surface area (Å²) >= 11 is 48.1. The van der Waals surface area contributed by atoms with Gasteiger partial charge in [-0.3, -0.25) is 0 Å². The van der Waals surface area contributed by atoms with E-state index >= 15 is 0 Å². The number of nitrogen functional groups attached to an aromatic ring is 8. The number of ether oxygens (including phenoxy) is 4. The van der Waals surface area contributed by atoms with Crippen molar-refractivity contribution in [3.8, 4) is 23.0 Å². The van der Waals surface area contributed by atoms with Gasteiger partial charge in [-0.2, -0.15) is 120 Å². The molecule has 0 fully saturated rings. The van der Waals surface area contributed by atoms with Gasteiger partial charge in [0.05, 0.1) is 22.7 Å². The predicted octanol–water partition coefficient (Wildman–Crippen LogP) is 6.79. The van der Waals surface area contributed by atoms with Gasteiger partial charge in [0.25, 0.3) is 0 Å². The fourth-order valence-electron chi connectivity index (χ4n) is 8.03. The number of nitrogens with zero attached hydrogens (tertiary/aromatic N) is 28. The van der Waals surface area contributed by atoms with Crippen LogP contribution < -0.4 is 90.6 Å². The van der Waals surface area contributed by atoms with Crippen LogP contribution in [-0.4, -0.2) is 139 Å². The second-order valence-electron chi connectivity index (χ2n) is 18.2. The molecule has 0 aliphatic carbocycles. The molecule has 21 N–H and O–H groups in total. The minimum Gasteiger partial charge on any atom is -0.458 e. The third-order valence-electron chi connectivity index (χ3n) is 11.8. The molecule has 0 aliphatic heterocycles. The molecule has 0 saturated carbocycles. The summed E-state index contributed by atoms with van der Waals surface area (Å²) in [7, 11) is 0. The molecule has 8 heterocycles. The quantitative estimate of drug-likeness (QED) is 0.0355. The molecule has 42 nitrogen and oxygen atoms in total. The Labute approximate surface area is 598 Å². The fourth-order valence-corrected chi connectivity index (χ4v) is 9.45. The van der Waals surface area contributed by atoms with E-state index in [1.165, 1.54) is 19.6 Å². The van der Waals surface area contributed by atoms with Crippen LogP contribution in [0.2, 0.25) is 42.3 Å². The standard InChI is InChI=1S/C25H10Cl8N14O2.C25H26N22O2.H3N.H2O/c2*26-14-34-15(27)39-22(38-14)46(23-40-16(28)35-17(29)41-23)10-1-5-12(6-2-10)48-9-49-13-7-3-11(4-8-13)47(24-42-18(30)36-19(31)43-24)25-44-20(32)37-21(33)45-25;;/h1-8H,9H2;1-8H,9H2,(H4,26,27,34,38,39)(H4,28,29,35,40,41)(H4,30,31,36,42,43)(H4,32,33,37,44,45);1H3;1H2. The van der Waals surface area contributed by atoms with Crippen molar-refractivity contribution in [2.24, 2.45) is 0 Å². The number of halogens is 8. The minimum atomic E-state index is -0.166. The van der Waals surface area contributed by atoms with Gasteiger partial charge in [0.2, 0.25) is 151 Å². The van der Waals surface area contributed by atoms with Crippen molar-refractivity contribution < 1.29 is 24.4 Å². The number of hydrogen-bond acceptors (Lipinski definition) is 41. The van der Waals surface area contributed by atoms with E-state index in [2.05, 4.69) is 120 Å². The molecule has 100 heavy (non-hydrogen) atoms. The number of hydrogen-bond donors (Lipinski definition) is 9. The van der Waals surface area contributed by atoms with Crippen molar-refractivity contribution in [3.05, 3.63) is 139 Å². The second-order valence-corrected chi connectivity index (χ2v) is 20.9. The Kier molecular flexibility index (Phi) is 23.1. The molecule has 0 bridgehead atoms. The Bertz CT molecular complexity index is 3900. The van der Waals surface area contributed by atoms with E-state index in [0.717, 1.165) is 0 Å². The topological polar surface area (TPSA) is 634 Å². The molecular formula is C50H41Cl8N37O5. The van der Waals surface area contributed by atoms with Crippen molar-refractivity contribution >= 4 is 211 Å². The highest BCUT2D eigenvalue weighted by Gasteiger charge is 2.27. The molecule has 0 atom stereocenters. The molecule has 0 radical (unpaired) electrons. The van der Waals surface area contributed by atoms with Gasteiger partial charge in [0.15, 0.2) is 0 Å². The highest BCUT2D eigenvalue weighted by Crippen LogP contribution is 2.38. The van der Waals surface area contributed by atoms with Gasteiger partial charge in [-0.15, -0.1) is 0 Å². The first-order chi connectivity index (χ1) is 47.0. The van der Waals surface area contributed by atoms with Gasteiger partial charge in [0.1, 0.15) is 23.0 Å². The van der Waals surface area contributed by atoms with Crippen LogP contribution >= 0.6 is 92.8 Å². The molecule has 0 spiro atoms. The summed E-state index contributed by atoms with van der Waals surface area (Å²) in [5, 5.41) is -1.31. The van der Waals surface area contributed by atoms with E-state index < -0.39 is 0 Å². The Morgan fingerprint density at radius 1 is 0.220 bits per heavy atom. The highest BCUT2D eigenvalue weighted by molar-refractivity contribution is 6.33. The van der Waals surface area contributed by atoms with Crippen LogP contribution in [-0.2, 0) is 0 Å². The van der Waals surface area contributed by atoms with Crippen molar-refractivity contribution in [2.75, 3.05) is 79.1 Å². The summed E-state index contributed by atoms with van der Waals surface area (Å²) in [5.74, 6) is 0.804. The number of benzene rings is 4. The maximum Gasteiger partial charge on any atom is 0.243 e. The second kappa shape index (κ2) is 31.9. The zero-order valence-electron chi connectivity index (χ0n) is 49.7. The van der Waals surface area contributed by atoms with Crippen LogP contribution in [0.3, 0.4) is 0 Å². The van der Waals surface area contributed by atoms with Crippen molar-refractivity contribution in [2.45, 2.75) is 0 Å². The average Bonchev–Trinajstić information content (AvgIpc) is 0.815. The Morgan fingerprint density at radius 2 is 0.360 bits per heavy atom. The summed E-state index contributed by atoms with van der Waals surface area (Å²) in [4.78, 5) is 102. The Balaban J connectivity index is 0.000000229. The molecular weight excluding hydrogens is 1480 g/mol. The first kappa shape index (κ1) is 72.3. The highest BCUT2D eigenvalue weighted by atomic mass is 35.5. The van der Waals surface area contributed by atoms with Crippen LogP contribution in [0.1, 0.15) is 0 Å². The molecule has 50 heteroatoms. The normalized spacial score (nSPS) is 10.6. The SMILES string of the molecule is Clc1nc(Cl)nc(N(c2ccc(OCOc3ccc(N(c4nc(Cl)nc(Cl)n4)c4nc(Cl)nc(Cl)n4)cc3)cc2)c2nc(Cl)nc(Cl)n2)n1.N.Nc1nc(N)nc(N(c2ccc(OCOc3ccc(N(c4nc(N)nc(N)n4)c4nc(N)nc(N)n4)cc3)cc2)c2nc(N)nc(N)n2)n1.O. The molecule has 12 aromatic rings. The van der Waals surface area contributed by atoms with Crippen LogP contribution in [0.5, 0.6) is 23.0 Å². The fraction of sp³-hybridized carbons (Fsp3) is 0.0400. The van der Waals surface area contributed by atoms with Crippen molar-refractivity contribution in [1.82, 2.24) is 126 Å². The summed E-state index contributed by atoms with van der Waals surface area (Å²) in [5.41, 5.74) is 48.3. The van der Waals surface area contributed by atoms with Crippen molar-refractivity contribution in [1.29, 1.82) is 0 Å². The van der Waals surface area contributed by atoms with E-state index in [1.807, 2.05) is 0 Å². The molecule has 12 rings (SSSR count). The van der Waals surface area contributed by atoms with Crippen LogP contribution in [0, 0.1) is 0 Å². The zero-order valence-corrected chi connectivity index (χ0v) is 55.7. The van der Waals surface area contributed by atoms with Gasteiger partial charge in [0, 0.05) is 0 Å². The van der Waals surface area contributed by atoms with Gasteiger partial charge < -0.3 is 76.4 Å². The average molecular weight is 1520 g/mol. The molecule has 0 saturated heterocycles. The Morgan fingerprint density at radius 3 is 0.510 bits per heavy atom. The van der Waals surface area contributed by atoms with Gasteiger partial charge in [-0.25, -0.2) is 19.6 Å². The van der Waals surface area contributed by atoms with Gasteiger partial charge >= 0.3 is 0 Å². The maximum absolute atomic E-state index is 6.02. The number of aromatic nitrogens is 24. The molecule has 4 aromatic carbocycles. The third-order valence-corrected chi connectivity index (χ3v) is 13.1. The number of rotatable bonds is 20. The number of nitrogens with two attached hydrogens (primary N) is 8.